The lowest BCUT2D eigenvalue weighted by Crippen LogP contribution is -2.46. The SMILES string of the molecule is COc1ccc(N2C[C@]34C=C[C@H](O3)[C@@H](C(=O)N[C@H](C)CCCC(C)C)[C@H]4C2=O)cc1. The monoisotopic (exact) mass is 412 g/mol. The number of hydrogen-bond acceptors (Lipinski definition) is 4. The summed E-state index contributed by atoms with van der Waals surface area (Å²) in [5, 5.41) is 3.14. The molecule has 0 aromatic heterocycles. The Kier molecular flexibility index (Phi) is 5.62. The van der Waals surface area contributed by atoms with Crippen LogP contribution in [0.15, 0.2) is 36.4 Å². The van der Waals surface area contributed by atoms with Gasteiger partial charge in [-0.2, -0.15) is 0 Å². The third kappa shape index (κ3) is 3.62. The van der Waals surface area contributed by atoms with Crippen molar-refractivity contribution in [1.82, 2.24) is 5.32 Å². The number of nitrogens with one attached hydrogen (secondary N) is 1. The van der Waals surface area contributed by atoms with E-state index in [4.69, 9.17) is 9.47 Å². The van der Waals surface area contributed by atoms with Gasteiger partial charge in [0.2, 0.25) is 11.8 Å². The third-order valence-corrected chi connectivity index (χ3v) is 6.59. The molecule has 0 aliphatic carbocycles. The maximum absolute atomic E-state index is 13.4. The summed E-state index contributed by atoms with van der Waals surface area (Å²) in [6, 6.07) is 7.51. The predicted octanol–water partition coefficient (Wildman–Crippen LogP) is 3.31. The van der Waals surface area contributed by atoms with Gasteiger partial charge in [-0.25, -0.2) is 0 Å². The van der Waals surface area contributed by atoms with Crippen molar-refractivity contribution < 1.29 is 19.1 Å². The molecule has 1 aromatic carbocycles. The zero-order chi connectivity index (χ0) is 21.5. The van der Waals surface area contributed by atoms with Gasteiger partial charge in [-0.05, 0) is 43.5 Å². The summed E-state index contributed by atoms with van der Waals surface area (Å²) in [7, 11) is 1.61. The van der Waals surface area contributed by atoms with E-state index in [0.717, 1.165) is 30.7 Å². The fourth-order valence-corrected chi connectivity index (χ4v) is 5.02. The smallest absolute Gasteiger partial charge is 0.234 e. The molecule has 3 aliphatic heterocycles. The molecule has 0 saturated carbocycles. The van der Waals surface area contributed by atoms with Gasteiger partial charge in [-0.15, -0.1) is 0 Å². The minimum atomic E-state index is -0.704. The number of methoxy groups -OCH3 is 1. The van der Waals surface area contributed by atoms with E-state index in [2.05, 4.69) is 19.2 Å². The van der Waals surface area contributed by atoms with Gasteiger partial charge in [0.25, 0.3) is 0 Å². The van der Waals surface area contributed by atoms with Crippen LogP contribution in [0.4, 0.5) is 5.69 Å². The Balaban J connectivity index is 1.47. The first-order valence-corrected chi connectivity index (χ1v) is 11.0. The summed E-state index contributed by atoms with van der Waals surface area (Å²) >= 11 is 0. The largest absolute Gasteiger partial charge is 0.497 e. The van der Waals surface area contributed by atoms with Gasteiger partial charge in [-0.3, -0.25) is 9.59 Å². The Morgan fingerprint density at radius 3 is 2.67 bits per heavy atom. The number of fused-ring (bicyclic) bond motifs is 1. The van der Waals surface area contributed by atoms with E-state index in [1.165, 1.54) is 0 Å². The number of nitrogens with zero attached hydrogens (tertiary/aromatic N) is 1. The lowest BCUT2D eigenvalue weighted by molar-refractivity contribution is -0.132. The second kappa shape index (κ2) is 8.06. The highest BCUT2D eigenvalue weighted by Crippen LogP contribution is 2.52. The van der Waals surface area contributed by atoms with Crippen molar-refractivity contribution in [3.63, 3.8) is 0 Å². The molecule has 6 heteroatoms. The highest BCUT2D eigenvalue weighted by Gasteiger charge is 2.67. The van der Waals surface area contributed by atoms with E-state index < -0.39 is 17.4 Å². The van der Waals surface area contributed by atoms with Crippen LogP contribution in [0.5, 0.6) is 5.75 Å². The number of hydrogen-bond donors (Lipinski definition) is 1. The van der Waals surface area contributed by atoms with Gasteiger partial charge < -0.3 is 19.7 Å². The number of anilines is 1. The maximum Gasteiger partial charge on any atom is 0.234 e. The van der Waals surface area contributed by atoms with Crippen LogP contribution in [0.3, 0.4) is 0 Å². The normalized spacial score (nSPS) is 30.1. The van der Waals surface area contributed by atoms with Crippen LogP contribution in [-0.2, 0) is 14.3 Å². The maximum atomic E-state index is 13.4. The van der Waals surface area contributed by atoms with Crippen LogP contribution in [0.1, 0.15) is 40.0 Å². The minimum Gasteiger partial charge on any atom is -0.497 e. The highest BCUT2D eigenvalue weighted by atomic mass is 16.5. The van der Waals surface area contributed by atoms with Crippen LogP contribution in [-0.4, -0.2) is 43.2 Å². The van der Waals surface area contributed by atoms with E-state index in [-0.39, 0.29) is 24.0 Å². The quantitative estimate of drug-likeness (QED) is 0.665. The van der Waals surface area contributed by atoms with Crippen LogP contribution in [0.2, 0.25) is 0 Å². The van der Waals surface area contributed by atoms with Crippen molar-refractivity contribution >= 4 is 17.5 Å². The molecular formula is C24H32N2O4. The number of amides is 2. The number of ether oxygens (including phenoxy) is 2. The molecule has 2 bridgehead atoms. The predicted molar refractivity (Wildman–Crippen MR) is 115 cm³/mol. The molecule has 3 heterocycles. The van der Waals surface area contributed by atoms with Crippen molar-refractivity contribution in [2.24, 2.45) is 17.8 Å². The Labute approximate surface area is 178 Å². The van der Waals surface area contributed by atoms with E-state index in [0.29, 0.717) is 12.5 Å². The average molecular weight is 413 g/mol. The summed E-state index contributed by atoms with van der Waals surface area (Å²) in [5.74, 6) is 0.343. The van der Waals surface area contributed by atoms with Gasteiger partial charge in [0.05, 0.1) is 31.6 Å². The van der Waals surface area contributed by atoms with Crippen LogP contribution in [0, 0.1) is 17.8 Å². The van der Waals surface area contributed by atoms with Crippen molar-refractivity contribution in [2.75, 3.05) is 18.6 Å². The molecule has 6 nitrogen and oxygen atoms in total. The lowest BCUT2D eigenvalue weighted by Gasteiger charge is -2.25. The number of carbonyl (C=O) groups is 2. The fourth-order valence-electron chi connectivity index (χ4n) is 5.02. The lowest BCUT2D eigenvalue weighted by atomic mass is 9.76. The molecule has 0 radical (unpaired) electrons. The molecule has 3 aliphatic rings. The van der Waals surface area contributed by atoms with Crippen molar-refractivity contribution in [1.29, 1.82) is 0 Å². The Bertz CT molecular complexity index is 834. The molecule has 1 aromatic rings. The van der Waals surface area contributed by atoms with E-state index in [1.807, 2.05) is 43.3 Å². The van der Waals surface area contributed by atoms with Crippen molar-refractivity contribution in [2.45, 2.75) is 57.8 Å². The molecule has 0 unspecified atom stereocenters. The summed E-state index contributed by atoms with van der Waals surface area (Å²) < 4.78 is 11.4. The fraction of sp³-hybridized carbons (Fsp3) is 0.583. The summed E-state index contributed by atoms with van der Waals surface area (Å²) in [5.41, 5.74) is 0.0936. The molecule has 30 heavy (non-hydrogen) atoms. The molecule has 5 atom stereocenters. The van der Waals surface area contributed by atoms with E-state index in [1.54, 1.807) is 12.0 Å². The molecular weight excluding hydrogens is 380 g/mol. The highest BCUT2D eigenvalue weighted by molar-refractivity contribution is 6.03. The zero-order valence-corrected chi connectivity index (χ0v) is 18.3. The summed E-state index contributed by atoms with van der Waals surface area (Å²) in [6.45, 7) is 6.89. The van der Waals surface area contributed by atoms with Gasteiger partial charge in [0.1, 0.15) is 11.4 Å². The molecule has 162 valence electrons. The molecule has 2 fully saturated rings. The Morgan fingerprint density at radius 2 is 2.00 bits per heavy atom. The molecule has 4 rings (SSSR count). The van der Waals surface area contributed by atoms with Crippen LogP contribution < -0.4 is 15.0 Å². The average Bonchev–Trinajstić information content (AvgIpc) is 3.36. The number of rotatable bonds is 8. The van der Waals surface area contributed by atoms with Gasteiger partial charge in [0.15, 0.2) is 0 Å². The number of benzene rings is 1. The third-order valence-electron chi connectivity index (χ3n) is 6.59. The zero-order valence-electron chi connectivity index (χ0n) is 18.3. The molecule has 1 spiro atoms. The van der Waals surface area contributed by atoms with E-state index >= 15 is 0 Å². The number of carbonyl (C=O) groups excluding carboxylic acids is 2. The standard InChI is InChI=1S/C24H32N2O4/c1-15(2)6-5-7-16(3)25-22(27)20-19-12-13-24(30-19)14-26(23(28)21(20)24)17-8-10-18(29-4)11-9-17/h8-13,15-16,19-21H,5-7,14H2,1-4H3,(H,25,27)/t16-,19+,20-,21+,24+/m1/s1. The minimum absolute atomic E-state index is 0.0420. The topological polar surface area (TPSA) is 67.9 Å². The van der Waals surface area contributed by atoms with Gasteiger partial charge >= 0.3 is 0 Å². The summed E-state index contributed by atoms with van der Waals surface area (Å²) in [6.07, 6.45) is 6.80. The second-order valence-electron chi connectivity index (χ2n) is 9.26. The first kappa shape index (κ1) is 20.9. The second-order valence-corrected chi connectivity index (χ2v) is 9.26. The molecule has 1 N–H and O–H groups in total. The Morgan fingerprint density at radius 1 is 1.27 bits per heavy atom. The van der Waals surface area contributed by atoms with Crippen LogP contribution in [0.25, 0.3) is 0 Å². The first-order chi connectivity index (χ1) is 14.3. The molecule has 2 amide bonds. The summed E-state index contributed by atoms with van der Waals surface area (Å²) in [4.78, 5) is 28.3. The van der Waals surface area contributed by atoms with Gasteiger partial charge in [0, 0.05) is 11.7 Å². The van der Waals surface area contributed by atoms with Gasteiger partial charge in [-0.1, -0.05) is 38.8 Å². The Hall–Kier alpha value is -2.34. The first-order valence-electron chi connectivity index (χ1n) is 11.0. The van der Waals surface area contributed by atoms with E-state index in [9.17, 15) is 9.59 Å². The molecule has 2 saturated heterocycles. The van der Waals surface area contributed by atoms with Crippen LogP contribution >= 0.6 is 0 Å². The van der Waals surface area contributed by atoms with Crippen molar-refractivity contribution in [3.05, 3.63) is 36.4 Å². The van der Waals surface area contributed by atoms with Crippen molar-refractivity contribution in [3.8, 4) is 5.75 Å².